The van der Waals surface area contributed by atoms with Crippen LogP contribution in [-0.4, -0.2) is 28.7 Å². The average Bonchev–Trinajstić information content (AvgIpc) is 2.24. The summed E-state index contributed by atoms with van der Waals surface area (Å²) in [6.45, 7) is 3.77. The summed E-state index contributed by atoms with van der Waals surface area (Å²) in [7, 11) is 0. The normalized spacial score (nSPS) is 10.2. The lowest BCUT2D eigenvalue weighted by Gasteiger charge is -2.08. The molecular formula is C9H13N3O3S. The summed E-state index contributed by atoms with van der Waals surface area (Å²) in [5, 5.41) is 0.387. The number of H-pyrrole nitrogens is 1. The zero-order valence-electron chi connectivity index (χ0n) is 9.29. The molecule has 1 amide bonds. The van der Waals surface area contributed by atoms with Crippen molar-refractivity contribution in [3.05, 3.63) is 21.7 Å². The molecule has 0 aliphatic heterocycles. The highest BCUT2D eigenvalue weighted by Crippen LogP contribution is 2.17. The molecule has 0 bridgehead atoms. The fraction of sp³-hybridized carbons (Fsp3) is 0.444. The second kappa shape index (κ2) is 5.66. The van der Waals surface area contributed by atoms with Gasteiger partial charge in [0.05, 0.1) is 12.2 Å². The number of amides is 1. The van der Waals surface area contributed by atoms with E-state index >= 15 is 0 Å². The molecule has 6 nitrogen and oxygen atoms in total. The largest absolute Gasteiger partial charge is 0.346 e. The fourth-order valence-electron chi connectivity index (χ4n) is 1.16. The van der Waals surface area contributed by atoms with Crippen molar-refractivity contribution in [2.24, 2.45) is 0 Å². The van der Waals surface area contributed by atoms with Crippen LogP contribution in [-0.2, 0) is 4.84 Å². The van der Waals surface area contributed by atoms with Gasteiger partial charge in [-0.1, -0.05) is 0 Å². The Morgan fingerprint density at radius 3 is 2.88 bits per heavy atom. The van der Waals surface area contributed by atoms with Crippen LogP contribution < -0.4 is 11.2 Å². The predicted molar refractivity (Wildman–Crippen MR) is 60.5 cm³/mol. The Labute approximate surface area is 96.8 Å². The first-order valence-corrected chi connectivity index (χ1v) is 5.89. The Kier molecular flexibility index (Phi) is 4.51. The number of hydroxylamine groups is 1. The summed E-state index contributed by atoms with van der Waals surface area (Å²) in [5.74, 6) is -0.410. The Bertz CT molecular complexity index is 444. The van der Waals surface area contributed by atoms with Gasteiger partial charge in [-0.05, 0) is 20.1 Å². The summed E-state index contributed by atoms with van der Waals surface area (Å²) >= 11 is 1.24. The highest BCUT2D eigenvalue weighted by atomic mass is 32.2. The number of aromatic amines is 1. The monoisotopic (exact) mass is 243 g/mol. The first kappa shape index (κ1) is 12.7. The van der Waals surface area contributed by atoms with Crippen molar-refractivity contribution in [2.45, 2.75) is 18.9 Å². The van der Waals surface area contributed by atoms with E-state index in [0.717, 1.165) is 0 Å². The van der Waals surface area contributed by atoms with Crippen molar-refractivity contribution in [2.75, 3.05) is 12.9 Å². The maximum absolute atomic E-state index is 11.7. The molecule has 88 valence electrons. The van der Waals surface area contributed by atoms with E-state index < -0.39 is 11.6 Å². The van der Waals surface area contributed by atoms with E-state index in [-0.39, 0.29) is 0 Å². The molecule has 1 heterocycles. The summed E-state index contributed by atoms with van der Waals surface area (Å²) in [6, 6.07) is 0. The predicted octanol–water partition coefficient (Wildman–Crippen LogP) is 0.482. The minimum absolute atomic E-state index is 0.334. The smallest absolute Gasteiger partial charge is 0.309 e. The number of hydrogen-bond donors (Lipinski definition) is 2. The number of hydrogen-bond acceptors (Lipinski definition) is 5. The topological polar surface area (TPSA) is 84.1 Å². The van der Waals surface area contributed by atoms with Crippen molar-refractivity contribution < 1.29 is 9.63 Å². The van der Waals surface area contributed by atoms with Gasteiger partial charge in [0.2, 0.25) is 0 Å². The standard InChI is InChI=1S/C9H13N3O3S/c1-4-15-12-7(13)6-5(2)10-9(14)11-8(6)16-3/h4H2,1-3H3,(H,12,13)(H,10,11,14). The van der Waals surface area contributed by atoms with Gasteiger partial charge in [0, 0.05) is 5.69 Å². The van der Waals surface area contributed by atoms with E-state index in [2.05, 4.69) is 15.4 Å². The lowest BCUT2D eigenvalue weighted by molar-refractivity contribution is 0.0360. The molecule has 0 aromatic carbocycles. The van der Waals surface area contributed by atoms with Gasteiger partial charge in [-0.25, -0.2) is 10.3 Å². The summed E-state index contributed by atoms with van der Waals surface area (Å²) in [4.78, 5) is 33.8. The van der Waals surface area contributed by atoms with E-state index in [1.807, 2.05) is 0 Å². The molecule has 0 aliphatic rings. The van der Waals surface area contributed by atoms with Crippen molar-refractivity contribution in [3.63, 3.8) is 0 Å². The number of carbonyl (C=O) groups is 1. The molecule has 0 saturated carbocycles. The molecule has 1 rings (SSSR count). The van der Waals surface area contributed by atoms with Crippen LogP contribution in [0.5, 0.6) is 0 Å². The van der Waals surface area contributed by atoms with Gasteiger partial charge < -0.3 is 4.98 Å². The molecule has 0 radical (unpaired) electrons. The van der Waals surface area contributed by atoms with Crippen LogP contribution in [0.15, 0.2) is 9.82 Å². The van der Waals surface area contributed by atoms with Crippen LogP contribution in [0, 0.1) is 6.92 Å². The van der Waals surface area contributed by atoms with Gasteiger partial charge in [-0.2, -0.15) is 4.98 Å². The maximum Gasteiger partial charge on any atom is 0.346 e. The van der Waals surface area contributed by atoms with Gasteiger partial charge in [-0.3, -0.25) is 9.63 Å². The molecule has 0 atom stereocenters. The molecule has 0 aliphatic carbocycles. The minimum atomic E-state index is -0.463. The van der Waals surface area contributed by atoms with Gasteiger partial charge in [0.25, 0.3) is 5.91 Å². The molecule has 0 spiro atoms. The molecular weight excluding hydrogens is 230 g/mol. The van der Waals surface area contributed by atoms with Crippen molar-refractivity contribution >= 4 is 17.7 Å². The van der Waals surface area contributed by atoms with Crippen LogP contribution in [0.2, 0.25) is 0 Å². The number of aromatic nitrogens is 2. The number of carbonyl (C=O) groups excluding carboxylic acids is 1. The Morgan fingerprint density at radius 2 is 2.31 bits per heavy atom. The quantitative estimate of drug-likeness (QED) is 0.456. The molecule has 1 aromatic rings. The highest BCUT2D eigenvalue weighted by molar-refractivity contribution is 7.98. The van der Waals surface area contributed by atoms with Gasteiger partial charge in [0.1, 0.15) is 5.03 Å². The van der Waals surface area contributed by atoms with Crippen LogP contribution in [0.4, 0.5) is 0 Å². The fourth-order valence-corrected chi connectivity index (χ4v) is 1.79. The second-order valence-electron chi connectivity index (χ2n) is 2.92. The lowest BCUT2D eigenvalue weighted by atomic mass is 10.2. The maximum atomic E-state index is 11.7. The van der Waals surface area contributed by atoms with Gasteiger partial charge in [0.15, 0.2) is 0 Å². The van der Waals surface area contributed by atoms with Crippen LogP contribution in [0.1, 0.15) is 23.0 Å². The summed E-state index contributed by atoms with van der Waals surface area (Å²) < 4.78 is 0. The SMILES string of the molecule is CCONC(=O)c1c(SC)nc(=O)[nH]c1C. The van der Waals surface area contributed by atoms with E-state index in [1.54, 1.807) is 20.1 Å². The van der Waals surface area contributed by atoms with Gasteiger partial charge >= 0.3 is 5.69 Å². The van der Waals surface area contributed by atoms with Crippen LogP contribution >= 0.6 is 11.8 Å². The van der Waals surface area contributed by atoms with E-state index in [0.29, 0.717) is 22.9 Å². The van der Waals surface area contributed by atoms with Gasteiger partial charge in [-0.15, -0.1) is 11.8 Å². The molecule has 0 unspecified atom stereocenters. The third kappa shape index (κ3) is 2.83. The first-order chi connectivity index (χ1) is 7.60. The third-order valence-electron chi connectivity index (χ3n) is 1.82. The molecule has 16 heavy (non-hydrogen) atoms. The van der Waals surface area contributed by atoms with Crippen LogP contribution in [0.25, 0.3) is 0 Å². The van der Waals surface area contributed by atoms with Crippen molar-refractivity contribution in [3.8, 4) is 0 Å². The summed E-state index contributed by atoms with van der Waals surface area (Å²) in [5.41, 5.74) is 2.61. The molecule has 0 saturated heterocycles. The Hall–Kier alpha value is -1.34. The van der Waals surface area contributed by atoms with E-state index in [4.69, 9.17) is 4.84 Å². The number of nitrogens with zero attached hydrogens (tertiary/aromatic N) is 1. The summed E-state index contributed by atoms with van der Waals surface area (Å²) in [6.07, 6.45) is 1.75. The number of thioether (sulfide) groups is 1. The molecule has 0 fully saturated rings. The average molecular weight is 243 g/mol. The molecule has 7 heteroatoms. The third-order valence-corrected chi connectivity index (χ3v) is 2.50. The highest BCUT2D eigenvalue weighted by Gasteiger charge is 2.16. The number of nitrogens with one attached hydrogen (secondary N) is 2. The second-order valence-corrected chi connectivity index (χ2v) is 3.71. The van der Waals surface area contributed by atoms with E-state index in [1.165, 1.54) is 11.8 Å². The first-order valence-electron chi connectivity index (χ1n) is 4.67. The van der Waals surface area contributed by atoms with Crippen molar-refractivity contribution in [1.29, 1.82) is 0 Å². The van der Waals surface area contributed by atoms with E-state index in [9.17, 15) is 9.59 Å². The number of rotatable bonds is 4. The Balaban J connectivity index is 3.11. The van der Waals surface area contributed by atoms with Crippen LogP contribution in [0.3, 0.4) is 0 Å². The van der Waals surface area contributed by atoms with Crippen molar-refractivity contribution in [1.82, 2.24) is 15.4 Å². The number of aryl methyl sites for hydroxylation is 1. The lowest BCUT2D eigenvalue weighted by Crippen LogP contribution is -2.28. The zero-order valence-corrected chi connectivity index (χ0v) is 10.1. The molecule has 2 N–H and O–H groups in total. The molecule has 1 aromatic heterocycles. The zero-order chi connectivity index (χ0) is 12.1. The minimum Gasteiger partial charge on any atom is -0.309 e. The Morgan fingerprint density at radius 1 is 1.62 bits per heavy atom.